The number of carbonyl (C=O) groups excluding carboxylic acids is 1. The van der Waals surface area contributed by atoms with E-state index < -0.39 is 0 Å². The number of likely N-dealkylation sites (N-methyl/N-ethyl adjacent to an activating group) is 2. The maximum atomic E-state index is 11.4. The van der Waals surface area contributed by atoms with Gasteiger partial charge in [0.1, 0.15) is 12.4 Å². The summed E-state index contributed by atoms with van der Waals surface area (Å²) < 4.78 is 0. The van der Waals surface area contributed by atoms with Gasteiger partial charge in [-0.25, -0.2) is 0 Å². The molecule has 5 nitrogen and oxygen atoms in total. The van der Waals surface area contributed by atoms with Gasteiger partial charge in [-0.2, -0.15) is 0 Å². The first-order valence-electron chi connectivity index (χ1n) is 5.43. The summed E-state index contributed by atoms with van der Waals surface area (Å²) in [5.41, 5.74) is 5.91. The van der Waals surface area contributed by atoms with Crippen LogP contribution < -0.4 is 5.73 Å². The Bertz CT molecular complexity index is 251. The van der Waals surface area contributed by atoms with Gasteiger partial charge in [0.2, 0.25) is 5.91 Å². The van der Waals surface area contributed by atoms with Crippen molar-refractivity contribution in [1.29, 1.82) is 0 Å². The van der Waals surface area contributed by atoms with Gasteiger partial charge in [0.15, 0.2) is 0 Å². The monoisotopic (exact) mass is 228 g/mol. The zero-order valence-corrected chi connectivity index (χ0v) is 11.2. The molecule has 0 saturated carbocycles. The van der Waals surface area contributed by atoms with Crippen LogP contribution in [0.25, 0.3) is 0 Å². The molecule has 0 fully saturated rings. The maximum Gasteiger partial charge on any atom is 0.243 e. The number of amidine groups is 1. The van der Waals surface area contributed by atoms with Crippen molar-refractivity contribution in [2.75, 3.05) is 34.7 Å². The smallest absolute Gasteiger partial charge is 0.243 e. The standard InChI is InChI=1S/C11H24N4O/c1-8(2)10(15(5)6)11(12)13-7-9(16)14(3)4/h8,10H,7H2,1-6H3,(H2,12,13)/t10-/m0/s1. The molecular weight excluding hydrogens is 204 g/mol. The number of aliphatic imine (C=N–C) groups is 1. The summed E-state index contributed by atoms with van der Waals surface area (Å²) in [7, 11) is 7.33. The van der Waals surface area contributed by atoms with E-state index in [2.05, 4.69) is 18.8 Å². The van der Waals surface area contributed by atoms with Gasteiger partial charge in [-0.05, 0) is 20.0 Å². The lowest BCUT2D eigenvalue weighted by molar-refractivity contribution is -0.127. The fourth-order valence-corrected chi connectivity index (χ4v) is 1.60. The van der Waals surface area contributed by atoms with Gasteiger partial charge in [-0.3, -0.25) is 14.7 Å². The van der Waals surface area contributed by atoms with Gasteiger partial charge < -0.3 is 10.6 Å². The molecular formula is C11H24N4O. The van der Waals surface area contributed by atoms with E-state index >= 15 is 0 Å². The van der Waals surface area contributed by atoms with E-state index in [0.717, 1.165) is 0 Å². The van der Waals surface area contributed by atoms with E-state index in [9.17, 15) is 4.79 Å². The zero-order chi connectivity index (χ0) is 12.9. The Balaban J connectivity index is 4.56. The van der Waals surface area contributed by atoms with Crippen LogP contribution in [0, 0.1) is 5.92 Å². The number of carbonyl (C=O) groups is 1. The summed E-state index contributed by atoms with van der Waals surface area (Å²) in [6, 6.07) is 0.0787. The SMILES string of the molecule is CC(C)[C@@H](C(N)=NCC(=O)N(C)C)N(C)C. The molecule has 5 heteroatoms. The Hall–Kier alpha value is -1.10. The average Bonchev–Trinajstić information content (AvgIpc) is 2.12. The van der Waals surface area contributed by atoms with Gasteiger partial charge in [-0.15, -0.1) is 0 Å². The second kappa shape index (κ2) is 6.48. The Morgan fingerprint density at radius 2 is 1.75 bits per heavy atom. The molecule has 2 N–H and O–H groups in total. The van der Waals surface area contributed by atoms with Crippen LogP contribution in [0.15, 0.2) is 4.99 Å². The highest BCUT2D eigenvalue weighted by Gasteiger charge is 2.19. The normalized spacial score (nSPS) is 14.4. The molecule has 0 bridgehead atoms. The van der Waals surface area contributed by atoms with Crippen molar-refractivity contribution in [1.82, 2.24) is 9.80 Å². The number of nitrogens with two attached hydrogens (primary N) is 1. The van der Waals surface area contributed by atoms with Crippen molar-refractivity contribution in [3.8, 4) is 0 Å². The molecule has 0 aliphatic heterocycles. The van der Waals surface area contributed by atoms with Crippen molar-refractivity contribution in [3.05, 3.63) is 0 Å². The first-order valence-corrected chi connectivity index (χ1v) is 5.43. The van der Waals surface area contributed by atoms with Crippen molar-refractivity contribution in [2.24, 2.45) is 16.6 Å². The lowest BCUT2D eigenvalue weighted by Crippen LogP contribution is -2.44. The highest BCUT2D eigenvalue weighted by Crippen LogP contribution is 2.07. The van der Waals surface area contributed by atoms with Crippen LogP contribution in [0.1, 0.15) is 13.8 Å². The summed E-state index contributed by atoms with van der Waals surface area (Å²) >= 11 is 0. The molecule has 0 aliphatic carbocycles. The van der Waals surface area contributed by atoms with Crippen LogP contribution in [-0.4, -0.2) is 62.3 Å². The number of rotatable bonds is 5. The third-order valence-electron chi connectivity index (χ3n) is 2.39. The van der Waals surface area contributed by atoms with E-state index in [1.165, 1.54) is 4.90 Å². The lowest BCUT2D eigenvalue weighted by atomic mass is 10.0. The Morgan fingerprint density at radius 1 is 1.25 bits per heavy atom. The third-order valence-corrected chi connectivity index (χ3v) is 2.39. The van der Waals surface area contributed by atoms with E-state index in [1.54, 1.807) is 14.1 Å². The molecule has 0 radical (unpaired) electrons. The summed E-state index contributed by atoms with van der Waals surface area (Å²) in [5.74, 6) is 0.854. The van der Waals surface area contributed by atoms with Crippen LogP contribution in [-0.2, 0) is 4.79 Å². The molecule has 1 amide bonds. The van der Waals surface area contributed by atoms with Gasteiger partial charge >= 0.3 is 0 Å². The Morgan fingerprint density at radius 3 is 2.06 bits per heavy atom. The van der Waals surface area contributed by atoms with Gasteiger partial charge in [0, 0.05) is 14.1 Å². The lowest BCUT2D eigenvalue weighted by Gasteiger charge is -2.27. The van der Waals surface area contributed by atoms with Crippen molar-refractivity contribution in [3.63, 3.8) is 0 Å². The molecule has 0 unspecified atom stereocenters. The molecule has 16 heavy (non-hydrogen) atoms. The van der Waals surface area contributed by atoms with Crippen molar-refractivity contribution < 1.29 is 4.79 Å². The second-order valence-corrected chi connectivity index (χ2v) is 4.68. The highest BCUT2D eigenvalue weighted by atomic mass is 16.2. The maximum absolute atomic E-state index is 11.4. The van der Waals surface area contributed by atoms with Crippen LogP contribution in [0.4, 0.5) is 0 Å². The number of hydrogen-bond acceptors (Lipinski definition) is 3. The Kier molecular flexibility index (Phi) is 6.03. The highest BCUT2D eigenvalue weighted by molar-refractivity contribution is 5.88. The molecule has 0 rings (SSSR count). The van der Waals surface area contributed by atoms with Crippen LogP contribution >= 0.6 is 0 Å². The predicted octanol–water partition coefficient (Wildman–Crippen LogP) is 0.0180. The predicted molar refractivity (Wildman–Crippen MR) is 67.5 cm³/mol. The molecule has 0 heterocycles. The topological polar surface area (TPSA) is 61.9 Å². The summed E-state index contributed by atoms with van der Waals surface area (Å²) in [5, 5.41) is 0. The van der Waals surface area contributed by atoms with Crippen molar-refractivity contribution in [2.45, 2.75) is 19.9 Å². The van der Waals surface area contributed by atoms with Gasteiger partial charge in [0.25, 0.3) is 0 Å². The minimum atomic E-state index is -0.0378. The summed E-state index contributed by atoms with van der Waals surface area (Å²) in [6.07, 6.45) is 0. The molecule has 0 aromatic carbocycles. The van der Waals surface area contributed by atoms with Gasteiger partial charge in [0.05, 0.1) is 6.04 Å². The minimum absolute atomic E-state index is 0.0378. The van der Waals surface area contributed by atoms with E-state index in [1.807, 2.05) is 19.0 Å². The second-order valence-electron chi connectivity index (χ2n) is 4.68. The molecule has 0 aliphatic rings. The molecule has 94 valence electrons. The molecule has 0 saturated heterocycles. The molecule has 0 spiro atoms. The van der Waals surface area contributed by atoms with Crippen LogP contribution in [0.5, 0.6) is 0 Å². The van der Waals surface area contributed by atoms with Gasteiger partial charge in [-0.1, -0.05) is 13.8 Å². The van der Waals surface area contributed by atoms with Crippen molar-refractivity contribution >= 4 is 11.7 Å². The fraction of sp³-hybridized carbons (Fsp3) is 0.818. The molecule has 1 atom stereocenters. The molecule has 0 aromatic heterocycles. The number of nitrogens with zero attached hydrogens (tertiary/aromatic N) is 3. The quantitative estimate of drug-likeness (QED) is 0.533. The fourth-order valence-electron chi connectivity index (χ4n) is 1.60. The first kappa shape index (κ1) is 14.9. The first-order chi connectivity index (χ1) is 7.27. The van der Waals surface area contributed by atoms with Crippen LogP contribution in [0.3, 0.4) is 0 Å². The molecule has 0 aromatic rings. The van der Waals surface area contributed by atoms with E-state index in [0.29, 0.717) is 11.8 Å². The summed E-state index contributed by atoms with van der Waals surface area (Å²) in [4.78, 5) is 19.0. The zero-order valence-electron chi connectivity index (χ0n) is 11.2. The minimum Gasteiger partial charge on any atom is -0.386 e. The largest absolute Gasteiger partial charge is 0.386 e. The summed E-state index contributed by atoms with van der Waals surface area (Å²) in [6.45, 7) is 4.29. The average molecular weight is 228 g/mol. The van der Waals surface area contributed by atoms with E-state index in [4.69, 9.17) is 5.73 Å². The number of amides is 1. The van der Waals surface area contributed by atoms with E-state index in [-0.39, 0.29) is 18.5 Å². The number of hydrogen-bond donors (Lipinski definition) is 1. The Labute approximate surface area is 98.3 Å². The third kappa shape index (κ3) is 4.61. The van der Waals surface area contributed by atoms with Crippen LogP contribution in [0.2, 0.25) is 0 Å².